The molecule has 0 fully saturated rings. The largest absolute Gasteiger partial charge is 0.441 e. The van der Waals surface area contributed by atoms with Gasteiger partial charge in [0.1, 0.15) is 5.76 Å². The summed E-state index contributed by atoms with van der Waals surface area (Å²) in [6, 6.07) is 11.7. The third-order valence-electron chi connectivity index (χ3n) is 4.17. The number of carbonyl (C=O) groups is 1. The second-order valence-corrected chi connectivity index (χ2v) is 7.28. The molecule has 28 heavy (non-hydrogen) atoms. The minimum atomic E-state index is -0.192. The summed E-state index contributed by atoms with van der Waals surface area (Å²) in [6.45, 7) is 3.99. The normalized spacial score (nSPS) is 10.9. The van der Waals surface area contributed by atoms with Crippen molar-refractivity contribution in [2.24, 2.45) is 0 Å². The van der Waals surface area contributed by atoms with Crippen LogP contribution in [0.5, 0.6) is 0 Å². The van der Waals surface area contributed by atoms with Crippen LogP contribution >= 0.6 is 11.3 Å². The molecule has 0 aliphatic heterocycles. The van der Waals surface area contributed by atoms with Crippen molar-refractivity contribution in [1.29, 1.82) is 0 Å². The Morgan fingerprint density at radius 3 is 2.71 bits per heavy atom. The van der Waals surface area contributed by atoms with Crippen LogP contribution in [0.1, 0.15) is 22.9 Å². The molecule has 0 unspecified atom stereocenters. The zero-order valence-electron chi connectivity index (χ0n) is 15.4. The second kappa shape index (κ2) is 7.77. The van der Waals surface area contributed by atoms with Crippen LogP contribution in [0, 0.1) is 13.8 Å². The first-order chi connectivity index (χ1) is 13.6. The number of amides is 1. The minimum Gasteiger partial charge on any atom is -0.441 e. The zero-order chi connectivity index (χ0) is 19.5. The van der Waals surface area contributed by atoms with Gasteiger partial charge in [0.25, 0.3) is 0 Å². The second-order valence-electron chi connectivity index (χ2n) is 6.33. The van der Waals surface area contributed by atoms with Crippen molar-refractivity contribution in [3.8, 4) is 22.2 Å². The Labute approximate surface area is 165 Å². The lowest BCUT2D eigenvalue weighted by atomic mass is 10.1. The van der Waals surface area contributed by atoms with E-state index >= 15 is 0 Å². The van der Waals surface area contributed by atoms with Crippen molar-refractivity contribution >= 4 is 17.2 Å². The summed E-state index contributed by atoms with van der Waals surface area (Å²) in [6.07, 6.45) is 0.118. The van der Waals surface area contributed by atoms with Gasteiger partial charge in [-0.05, 0) is 37.4 Å². The molecule has 0 saturated heterocycles. The SMILES string of the molecule is Cc1ccc(-c2nc(CC(=O)NCc3nc(-c4cccs4)no3)c(C)o2)cc1. The number of hydrogen-bond donors (Lipinski definition) is 1. The molecular weight excluding hydrogens is 376 g/mol. The van der Waals surface area contributed by atoms with E-state index in [9.17, 15) is 4.79 Å². The fraction of sp³-hybridized carbons (Fsp3) is 0.200. The average molecular weight is 394 g/mol. The Kier molecular flexibility index (Phi) is 5.03. The van der Waals surface area contributed by atoms with Crippen LogP contribution in [0.15, 0.2) is 50.7 Å². The third-order valence-corrected chi connectivity index (χ3v) is 5.03. The molecule has 142 valence electrons. The maximum atomic E-state index is 12.3. The lowest BCUT2D eigenvalue weighted by Crippen LogP contribution is -2.25. The van der Waals surface area contributed by atoms with Gasteiger partial charge < -0.3 is 14.3 Å². The van der Waals surface area contributed by atoms with Gasteiger partial charge in [-0.15, -0.1) is 11.3 Å². The first-order valence-corrected chi connectivity index (χ1v) is 9.63. The highest BCUT2D eigenvalue weighted by Crippen LogP contribution is 2.23. The van der Waals surface area contributed by atoms with E-state index in [4.69, 9.17) is 8.94 Å². The Morgan fingerprint density at radius 2 is 1.96 bits per heavy atom. The minimum absolute atomic E-state index is 0.118. The maximum absolute atomic E-state index is 12.3. The van der Waals surface area contributed by atoms with Crippen molar-refractivity contribution in [3.63, 3.8) is 0 Å². The van der Waals surface area contributed by atoms with Gasteiger partial charge in [0.15, 0.2) is 0 Å². The Balaban J connectivity index is 1.37. The molecule has 1 amide bonds. The smallest absolute Gasteiger partial charge is 0.246 e. The molecular formula is C20H18N4O3S. The fourth-order valence-corrected chi connectivity index (χ4v) is 3.28. The van der Waals surface area contributed by atoms with Crippen molar-refractivity contribution in [1.82, 2.24) is 20.4 Å². The lowest BCUT2D eigenvalue weighted by Gasteiger charge is -2.00. The number of aromatic nitrogens is 3. The molecule has 7 nitrogen and oxygen atoms in total. The van der Waals surface area contributed by atoms with Crippen LogP contribution in [-0.2, 0) is 17.8 Å². The summed E-state index contributed by atoms with van der Waals surface area (Å²) in [7, 11) is 0. The van der Waals surface area contributed by atoms with Gasteiger partial charge in [0.2, 0.25) is 23.5 Å². The highest BCUT2D eigenvalue weighted by molar-refractivity contribution is 7.13. The molecule has 0 atom stereocenters. The molecule has 0 aliphatic rings. The molecule has 0 radical (unpaired) electrons. The van der Waals surface area contributed by atoms with Crippen molar-refractivity contribution in [2.75, 3.05) is 0 Å². The van der Waals surface area contributed by atoms with Gasteiger partial charge in [0, 0.05) is 5.56 Å². The summed E-state index contributed by atoms with van der Waals surface area (Å²) in [5.41, 5.74) is 2.65. The molecule has 0 spiro atoms. The maximum Gasteiger partial charge on any atom is 0.246 e. The van der Waals surface area contributed by atoms with Gasteiger partial charge in [-0.1, -0.05) is 28.9 Å². The van der Waals surface area contributed by atoms with E-state index < -0.39 is 0 Å². The Morgan fingerprint density at radius 1 is 1.14 bits per heavy atom. The highest BCUT2D eigenvalue weighted by Gasteiger charge is 2.16. The molecule has 1 N–H and O–H groups in total. The van der Waals surface area contributed by atoms with Gasteiger partial charge in [-0.3, -0.25) is 4.79 Å². The molecule has 0 aliphatic carbocycles. The molecule has 4 rings (SSSR count). The molecule has 4 aromatic rings. The summed E-state index contributed by atoms with van der Waals surface area (Å²) < 4.78 is 10.9. The van der Waals surface area contributed by atoms with Crippen LogP contribution in [-0.4, -0.2) is 21.0 Å². The molecule has 0 saturated carbocycles. The molecule has 8 heteroatoms. The molecule has 3 aromatic heterocycles. The summed E-state index contributed by atoms with van der Waals surface area (Å²) in [5.74, 6) is 1.83. The summed E-state index contributed by atoms with van der Waals surface area (Å²) in [4.78, 5) is 22.0. The summed E-state index contributed by atoms with van der Waals surface area (Å²) in [5, 5.41) is 8.64. The number of thiophene rings is 1. The summed E-state index contributed by atoms with van der Waals surface area (Å²) >= 11 is 1.53. The van der Waals surface area contributed by atoms with E-state index in [2.05, 4.69) is 20.4 Å². The number of benzene rings is 1. The van der Waals surface area contributed by atoms with Crippen LogP contribution in [0.25, 0.3) is 22.2 Å². The predicted octanol–water partition coefficient (Wildman–Crippen LogP) is 3.93. The number of hydrogen-bond acceptors (Lipinski definition) is 7. The number of carbonyl (C=O) groups excluding carboxylic acids is 1. The topological polar surface area (TPSA) is 94.1 Å². The number of nitrogens with zero attached hydrogens (tertiary/aromatic N) is 3. The van der Waals surface area contributed by atoms with Crippen LogP contribution in [0.2, 0.25) is 0 Å². The van der Waals surface area contributed by atoms with Crippen LogP contribution in [0.4, 0.5) is 0 Å². The van der Waals surface area contributed by atoms with Gasteiger partial charge in [-0.2, -0.15) is 4.98 Å². The van der Waals surface area contributed by atoms with E-state index in [-0.39, 0.29) is 18.9 Å². The third kappa shape index (κ3) is 4.01. The van der Waals surface area contributed by atoms with E-state index in [1.54, 1.807) is 6.92 Å². The number of rotatable bonds is 6. The molecule has 3 heterocycles. The molecule has 0 bridgehead atoms. The van der Waals surface area contributed by atoms with E-state index in [1.807, 2.05) is 48.7 Å². The standard InChI is InChI=1S/C20H18N4O3S/c1-12-5-7-14(8-6-12)20-22-15(13(2)26-20)10-17(25)21-11-18-23-19(24-27-18)16-4-3-9-28-16/h3-9H,10-11H2,1-2H3,(H,21,25). The van der Waals surface area contributed by atoms with Crippen LogP contribution < -0.4 is 5.32 Å². The van der Waals surface area contributed by atoms with Crippen LogP contribution in [0.3, 0.4) is 0 Å². The fourth-order valence-electron chi connectivity index (χ4n) is 2.63. The first kappa shape index (κ1) is 18.1. The van der Waals surface area contributed by atoms with Gasteiger partial charge in [0.05, 0.1) is 23.5 Å². The van der Waals surface area contributed by atoms with Crippen molar-refractivity contribution in [2.45, 2.75) is 26.8 Å². The first-order valence-electron chi connectivity index (χ1n) is 8.75. The Hall–Kier alpha value is -3.26. The van der Waals surface area contributed by atoms with Crippen molar-refractivity contribution < 1.29 is 13.7 Å². The number of nitrogens with one attached hydrogen (secondary N) is 1. The van der Waals surface area contributed by atoms with E-state index in [1.165, 1.54) is 11.3 Å². The van der Waals surface area contributed by atoms with Crippen molar-refractivity contribution in [3.05, 3.63) is 64.7 Å². The van der Waals surface area contributed by atoms with Gasteiger partial charge in [-0.25, -0.2) is 4.98 Å². The molecule has 1 aromatic carbocycles. The predicted molar refractivity (Wildman–Crippen MR) is 105 cm³/mol. The average Bonchev–Trinajstić information content (AvgIpc) is 3.42. The van der Waals surface area contributed by atoms with Gasteiger partial charge >= 0.3 is 0 Å². The van der Waals surface area contributed by atoms with E-state index in [0.717, 1.165) is 16.0 Å². The number of oxazole rings is 1. The quantitative estimate of drug-likeness (QED) is 0.532. The number of aryl methyl sites for hydroxylation is 2. The monoisotopic (exact) mass is 394 g/mol. The zero-order valence-corrected chi connectivity index (χ0v) is 16.2. The lowest BCUT2D eigenvalue weighted by molar-refractivity contribution is -0.120. The van der Waals surface area contributed by atoms with E-state index in [0.29, 0.717) is 29.1 Å². The highest BCUT2D eigenvalue weighted by atomic mass is 32.1. The Bertz CT molecular complexity index is 1080.